The first-order valence-corrected chi connectivity index (χ1v) is 33.0. The Kier molecular flexibility index (Phi) is 57.8. The number of allylic oxidation sites excluding steroid dienone is 10. The van der Waals surface area contributed by atoms with Crippen LogP contribution >= 0.6 is 0 Å². The van der Waals surface area contributed by atoms with Gasteiger partial charge in [0.15, 0.2) is 6.10 Å². The Bertz CT molecular complexity index is 1460. The van der Waals surface area contributed by atoms with E-state index in [1.54, 1.807) is 0 Å². The van der Waals surface area contributed by atoms with E-state index in [0.29, 0.717) is 23.9 Å². The monoisotopic (exact) mass is 1100 g/mol. The molecule has 0 heterocycles. The zero-order chi connectivity index (χ0) is 56.9. The summed E-state index contributed by atoms with van der Waals surface area (Å²) in [4.78, 5) is 37.5. The first kappa shape index (κ1) is 75.0. The maximum Gasteiger partial charge on any atom is 0.361 e. The molecular weight excluding hydrogens is 971 g/mol. The molecule has 0 saturated heterocycles. The van der Waals surface area contributed by atoms with Crippen LogP contribution < -0.4 is 0 Å². The van der Waals surface area contributed by atoms with Gasteiger partial charge in [-0.1, -0.05) is 293 Å². The third kappa shape index (κ3) is 60.6. The minimum atomic E-state index is -1.52. The van der Waals surface area contributed by atoms with Crippen LogP contribution in [0.5, 0.6) is 0 Å². The molecule has 0 saturated carbocycles. The third-order valence-corrected chi connectivity index (χ3v) is 14.5. The first-order valence-electron chi connectivity index (χ1n) is 33.0. The van der Waals surface area contributed by atoms with Crippen LogP contribution in [0.4, 0.5) is 0 Å². The summed E-state index contributed by atoms with van der Waals surface area (Å²) >= 11 is 0. The second kappa shape index (κ2) is 60.1. The maximum atomic E-state index is 12.9. The molecule has 2 unspecified atom stereocenters. The number of carbonyl (C=O) groups excluding carboxylic acids is 2. The molecule has 454 valence electrons. The number of quaternary nitrogens is 1. The van der Waals surface area contributed by atoms with Gasteiger partial charge in [-0.15, -0.1) is 0 Å². The number of carboxylic acids is 1. The molecule has 0 aromatic rings. The zero-order valence-electron chi connectivity index (χ0n) is 51.8. The minimum absolute atomic E-state index is 0.182. The third-order valence-electron chi connectivity index (χ3n) is 14.5. The van der Waals surface area contributed by atoms with Crippen LogP contribution in [0, 0.1) is 0 Å². The van der Waals surface area contributed by atoms with Crippen molar-refractivity contribution < 1.29 is 42.9 Å². The molecule has 0 aromatic heterocycles. The van der Waals surface area contributed by atoms with Gasteiger partial charge in [0, 0.05) is 12.8 Å². The molecule has 0 aliphatic carbocycles. The van der Waals surface area contributed by atoms with E-state index in [1.165, 1.54) is 186 Å². The van der Waals surface area contributed by atoms with E-state index in [0.717, 1.165) is 83.5 Å². The zero-order valence-corrected chi connectivity index (χ0v) is 51.8. The van der Waals surface area contributed by atoms with Crippen LogP contribution in [0.25, 0.3) is 0 Å². The van der Waals surface area contributed by atoms with Gasteiger partial charge in [-0.2, -0.15) is 0 Å². The van der Waals surface area contributed by atoms with Crippen molar-refractivity contribution in [1.29, 1.82) is 0 Å². The molecular formula is C69H126NO8+. The predicted molar refractivity (Wildman–Crippen MR) is 332 cm³/mol. The number of hydrogen-bond acceptors (Lipinski definition) is 7. The fourth-order valence-electron chi connectivity index (χ4n) is 9.51. The van der Waals surface area contributed by atoms with Gasteiger partial charge in [0.1, 0.15) is 13.2 Å². The Hall–Kier alpha value is -3.01. The van der Waals surface area contributed by atoms with E-state index < -0.39 is 24.3 Å². The van der Waals surface area contributed by atoms with Gasteiger partial charge in [-0.25, -0.2) is 4.79 Å². The smallest absolute Gasteiger partial charge is 0.361 e. The summed E-state index contributed by atoms with van der Waals surface area (Å²) in [5, 5.41) is 9.72. The molecule has 0 aliphatic heterocycles. The lowest BCUT2D eigenvalue weighted by molar-refractivity contribution is -0.870. The fraction of sp³-hybridized carbons (Fsp3) is 0.812. The molecule has 1 N–H and O–H groups in total. The summed E-state index contributed by atoms with van der Waals surface area (Å²) < 4.78 is 22.9. The van der Waals surface area contributed by atoms with Crippen molar-refractivity contribution in [2.24, 2.45) is 0 Å². The van der Waals surface area contributed by atoms with Crippen molar-refractivity contribution in [3.63, 3.8) is 0 Å². The molecule has 0 amide bonds. The standard InChI is InChI=1S/C69H125NO8/c1-6-8-10-12-14-16-18-20-22-24-26-28-29-30-31-32-33-34-35-36-37-38-40-41-43-45-47-49-51-53-55-57-59-66(71)76-63-65(64-77-69(68(73)74)75-62-61-70(3,4)5)78-67(72)60-58-56-54-52-50-48-46-44-42-39-27-25-23-21-19-17-15-13-11-9-7-2/h9,11,15,17,21,23,27,39,44,46,65,69H,6-8,10,12-14,16,18-20,22,24-26,28-38,40-43,45,47-64H2,1-5H3/p+1/b11-9-,17-15-,23-21-,39-27-,46-44-. The molecule has 0 aliphatic rings. The molecule has 0 radical (unpaired) electrons. The highest BCUT2D eigenvalue weighted by molar-refractivity contribution is 5.71. The first-order chi connectivity index (χ1) is 38.1. The van der Waals surface area contributed by atoms with E-state index in [-0.39, 0.29) is 32.2 Å². The van der Waals surface area contributed by atoms with Crippen LogP contribution in [0.3, 0.4) is 0 Å². The quantitative estimate of drug-likeness (QED) is 0.0211. The van der Waals surface area contributed by atoms with Gasteiger partial charge in [0.05, 0.1) is 34.4 Å². The molecule has 0 spiro atoms. The number of ether oxygens (including phenoxy) is 4. The van der Waals surface area contributed by atoms with Gasteiger partial charge >= 0.3 is 17.9 Å². The van der Waals surface area contributed by atoms with Crippen LogP contribution in [0.15, 0.2) is 60.8 Å². The Morgan fingerprint density at radius 1 is 0.397 bits per heavy atom. The topological polar surface area (TPSA) is 108 Å². The van der Waals surface area contributed by atoms with Crippen LogP contribution in [0.1, 0.15) is 303 Å². The van der Waals surface area contributed by atoms with E-state index in [2.05, 4.69) is 74.6 Å². The molecule has 0 aromatic carbocycles. The van der Waals surface area contributed by atoms with Gasteiger partial charge in [0.2, 0.25) is 0 Å². The van der Waals surface area contributed by atoms with Gasteiger partial charge in [0.25, 0.3) is 6.29 Å². The SMILES string of the molecule is CC/C=C\C/C=C\C/C=C\C/C=C\C/C=C\CCCCCCCC(=O)OC(COC(=O)CCCCCCCCCCCCCCCCCCCCCCCCCCCCCCCCCC)COC(OCC[N+](C)(C)C)C(=O)O. The summed E-state index contributed by atoms with van der Waals surface area (Å²) in [6.07, 6.45) is 74.8. The number of carboxylic acid groups (broad SMARTS) is 1. The Labute approximate surface area is 482 Å². The number of unbranched alkanes of at least 4 members (excludes halogenated alkanes) is 36. The number of rotatable bonds is 61. The van der Waals surface area contributed by atoms with E-state index in [4.69, 9.17) is 18.9 Å². The van der Waals surface area contributed by atoms with E-state index in [9.17, 15) is 19.5 Å². The molecule has 0 bridgehead atoms. The maximum absolute atomic E-state index is 12.9. The van der Waals surface area contributed by atoms with Crippen molar-refractivity contribution in [2.45, 2.75) is 315 Å². The Morgan fingerprint density at radius 2 is 0.731 bits per heavy atom. The highest BCUT2D eigenvalue weighted by Gasteiger charge is 2.25. The van der Waals surface area contributed by atoms with Gasteiger partial charge in [-0.3, -0.25) is 9.59 Å². The predicted octanol–water partition coefficient (Wildman–Crippen LogP) is 20.0. The van der Waals surface area contributed by atoms with Crippen molar-refractivity contribution in [2.75, 3.05) is 47.5 Å². The highest BCUT2D eigenvalue weighted by atomic mass is 16.7. The van der Waals surface area contributed by atoms with Crippen LogP contribution in [-0.2, 0) is 33.3 Å². The lowest BCUT2D eigenvalue weighted by Crippen LogP contribution is -2.40. The van der Waals surface area contributed by atoms with Crippen molar-refractivity contribution in [1.82, 2.24) is 0 Å². The number of esters is 2. The minimum Gasteiger partial charge on any atom is -0.477 e. The second-order valence-electron chi connectivity index (χ2n) is 23.4. The summed E-state index contributed by atoms with van der Waals surface area (Å²) in [5.41, 5.74) is 0. The molecule has 9 heteroatoms. The molecule has 78 heavy (non-hydrogen) atoms. The largest absolute Gasteiger partial charge is 0.477 e. The number of aliphatic carboxylic acids is 1. The van der Waals surface area contributed by atoms with Crippen molar-refractivity contribution >= 4 is 17.9 Å². The highest BCUT2D eigenvalue weighted by Crippen LogP contribution is 2.18. The Balaban J connectivity index is 4.10. The van der Waals surface area contributed by atoms with Crippen LogP contribution in [0.2, 0.25) is 0 Å². The van der Waals surface area contributed by atoms with Crippen molar-refractivity contribution in [3.05, 3.63) is 60.8 Å². The van der Waals surface area contributed by atoms with Crippen molar-refractivity contribution in [3.8, 4) is 0 Å². The molecule has 2 atom stereocenters. The number of likely N-dealkylation sites (N-methyl/N-ethyl adjacent to an activating group) is 1. The lowest BCUT2D eigenvalue weighted by Gasteiger charge is -2.25. The van der Waals surface area contributed by atoms with E-state index in [1.807, 2.05) is 21.1 Å². The van der Waals surface area contributed by atoms with Crippen LogP contribution in [-0.4, -0.2) is 87.4 Å². The Morgan fingerprint density at radius 3 is 1.09 bits per heavy atom. The van der Waals surface area contributed by atoms with E-state index >= 15 is 0 Å². The normalized spacial score (nSPS) is 13.1. The molecule has 9 nitrogen and oxygen atoms in total. The van der Waals surface area contributed by atoms with Gasteiger partial charge in [-0.05, 0) is 57.8 Å². The summed E-state index contributed by atoms with van der Waals surface area (Å²) in [6, 6.07) is 0. The number of carbonyl (C=O) groups is 3. The molecule has 0 rings (SSSR count). The average Bonchev–Trinajstić information content (AvgIpc) is 3.41. The number of nitrogens with zero attached hydrogens (tertiary/aromatic N) is 1. The summed E-state index contributed by atoms with van der Waals surface area (Å²) in [7, 11) is 5.97. The molecule has 0 fully saturated rings. The average molecular weight is 1100 g/mol. The number of hydrogen-bond donors (Lipinski definition) is 1. The van der Waals surface area contributed by atoms with Gasteiger partial charge < -0.3 is 28.5 Å². The second-order valence-corrected chi connectivity index (χ2v) is 23.4. The summed E-state index contributed by atoms with van der Waals surface area (Å²) in [5.74, 6) is -2.02. The lowest BCUT2D eigenvalue weighted by atomic mass is 10.0. The summed E-state index contributed by atoms with van der Waals surface area (Å²) in [6.45, 7) is 4.78. The fourth-order valence-corrected chi connectivity index (χ4v) is 9.51.